The molecule has 4 heteroatoms. The number of imidazole rings is 1. The maximum atomic E-state index is 4.38. The molecule has 2 rings (SSSR count). The van der Waals surface area contributed by atoms with Crippen LogP contribution in [-0.2, 0) is 6.42 Å². The second-order valence-electron chi connectivity index (χ2n) is 3.07. The highest BCUT2D eigenvalue weighted by atomic mass is 15.0. The van der Waals surface area contributed by atoms with Crippen LogP contribution in [0.15, 0.2) is 6.33 Å². The predicted octanol–water partition coefficient (Wildman–Crippen LogP) is 1.61. The fourth-order valence-electron chi connectivity index (χ4n) is 1.43. The third-order valence-corrected chi connectivity index (χ3v) is 1.96. The number of nitrogens with one attached hydrogen (secondary N) is 1. The molecule has 0 aliphatic heterocycles. The van der Waals surface area contributed by atoms with Gasteiger partial charge in [-0.3, -0.25) is 0 Å². The molecule has 0 fully saturated rings. The molecule has 0 spiro atoms. The van der Waals surface area contributed by atoms with Crippen LogP contribution in [0.4, 0.5) is 0 Å². The summed E-state index contributed by atoms with van der Waals surface area (Å²) in [6, 6.07) is 0. The maximum Gasteiger partial charge on any atom is 0.181 e. The first kappa shape index (κ1) is 8.16. The monoisotopic (exact) mass is 176 g/mol. The largest absolute Gasteiger partial charge is 0.342 e. The zero-order valence-corrected chi connectivity index (χ0v) is 7.83. The van der Waals surface area contributed by atoms with Crippen molar-refractivity contribution >= 4 is 11.2 Å². The number of aromatic amines is 1. The van der Waals surface area contributed by atoms with Gasteiger partial charge in [0.15, 0.2) is 5.65 Å². The first-order valence-corrected chi connectivity index (χ1v) is 4.48. The Labute approximate surface area is 76.4 Å². The van der Waals surface area contributed by atoms with E-state index in [1.807, 2.05) is 6.92 Å². The van der Waals surface area contributed by atoms with Crippen molar-refractivity contribution in [1.29, 1.82) is 0 Å². The quantitative estimate of drug-likeness (QED) is 0.756. The number of hydrogen-bond acceptors (Lipinski definition) is 3. The van der Waals surface area contributed by atoms with Gasteiger partial charge >= 0.3 is 0 Å². The zero-order chi connectivity index (χ0) is 9.26. The molecule has 2 aromatic heterocycles. The van der Waals surface area contributed by atoms with Gasteiger partial charge in [0.1, 0.15) is 11.3 Å². The lowest BCUT2D eigenvalue weighted by atomic mass is 10.2. The Morgan fingerprint density at radius 1 is 1.38 bits per heavy atom. The molecule has 2 aromatic rings. The number of hydrogen-bond donors (Lipinski definition) is 1. The van der Waals surface area contributed by atoms with Crippen LogP contribution in [0.25, 0.3) is 11.2 Å². The SMILES string of the molecule is CCCc1nc(C)nc2nc[nH]c12. The highest BCUT2D eigenvalue weighted by Crippen LogP contribution is 2.12. The molecule has 0 saturated carbocycles. The first-order valence-electron chi connectivity index (χ1n) is 4.48. The van der Waals surface area contributed by atoms with E-state index in [-0.39, 0.29) is 0 Å². The Kier molecular flexibility index (Phi) is 1.96. The van der Waals surface area contributed by atoms with E-state index < -0.39 is 0 Å². The topological polar surface area (TPSA) is 54.5 Å². The van der Waals surface area contributed by atoms with E-state index in [4.69, 9.17) is 0 Å². The summed E-state index contributed by atoms with van der Waals surface area (Å²) < 4.78 is 0. The third-order valence-electron chi connectivity index (χ3n) is 1.96. The molecule has 0 saturated heterocycles. The molecular weight excluding hydrogens is 164 g/mol. The van der Waals surface area contributed by atoms with Gasteiger partial charge in [-0.1, -0.05) is 13.3 Å². The Morgan fingerprint density at radius 2 is 2.23 bits per heavy atom. The normalized spacial score (nSPS) is 10.9. The second-order valence-corrected chi connectivity index (χ2v) is 3.07. The van der Waals surface area contributed by atoms with Crippen molar-refractivity contribution in [2.75, 3.05) is 0 Å². The van der Waals surface area contributed by atoms with E-state index in [0.29, 0.717) is 0 Å². The summed E-state index contributed by atoms with van der Waals surface area (Å²) in [5.74, 6) is 0.794. The van der Waals surface area contributed by atoms with Crippen LogP contribution >= 0.6 is 0 Å². The summed E-state index contributed by atoms with van der Waals surface area (Å²) in [6.45, 7) is 4.03. The standard InChI is InChI=1S/C9H12N4/c1-3-4-7-8-9(11-5-10-8)13-6(2)12-7/h5H,3-4H2,1-2H3,(H,10,11,12,13). The minimum Gasteiger partial charge on any atom is -0.342 e. The fraction of sp³-hybridized carbons (Fsp3) is 0.444. The van der Waals surface area contributed by atoms with Crippen LogP contribution in [0.3, 0.4) is 0 Å². The van der Waals surface area contributed by atoms with E-state index in [2.05, 4.69) is 26.9 Å². The molecule has 0 unspecified atom stereocenters. The highest BCUT2D eigenvalue weighted by Gasteiger charge is 2.05. The average Bonchev–Trinajstić information content (AvgIpc) is 2.52. The van der Waals surface area contributed by atoms with Crippen LogP contribution in [0, 0.1) is 6.92 Å². The van der Waals surface area contributed by atoms with E-state index in [1.54, 1.807) is 6.33 Å². The van der Waals surface area contributed by atoms with Gasteiger partial charge in [-0.2, -0.15) is 0 Å². The van der Waals surface area contributed by atoms with Crippen molar-refractivity contribution in [2.45, 2.75) is 26.7 Å². The van der Waals surface area contributed by atoms with E-state index in [1.165, 1.54) is 0 Å². The van der Waals surface area contributed by atoms with Crippen molar-refractivity contribution < 1.29 is 0 Å². The fourth-order valence-corrected chi connectivity index (χ4v) is 1.43. The molecule has 1 N–H and O–H groups in total. The van der Waals surface area contributed by atoms with Crippen molar-refractivity contribution in [3.8, 4) is 0 Å². The Hall–Kier alpha value is -1.45. The van der Waals surface area contributed by atoms with Gasteiger partial charge in [-0.25, -0.2) is 15.0 Å². The van der Waals surface area contributed by atoms with Gasteiger partial charge in [0, 0.05) is 0 Å². The van der Waals surface area contributed by atoms with Gasteiger partial charge in [0.05, 0.1) is 12.0 Å². The minimum absolute atomic E-state index is 0.774. The number of aryl methyl sites for hydroxylation is 2. The van der Waals surface area contributed by atoms with E-state index in [0.717, 1.165) is 35.5 Å². The molecule has 0 atom stereocenters. The van der Waals surface area contributed by atoms with Gasteiger partial charge in [-0.15, -0.1) is 0 Å². The Morgan fingerprint density at radius 3 is 3.00 bits per heavy atom. The maximum absolute atomic E-state index is 4.38. The first-order chi connectivity index (χ1) is 6.31. The lowest BCUT2D eigenvalue weighted by molar-refractivity contribution is 0.870. The lowest BCUT2D eigenvalue weighted by Gasteiger charge is -2.00. The summed E-state index contributed by atoms with van der Waals surface area (Å²) in [6.07, 6.45) is 3.73. The van der Waals surface area contributed by atoms with Gasteiger partial charge < -0.3 is 4.98 Å². The Bertz CT molecular complexity index is 418. The molecule has 13 heavy (non-hydrogen) atoms. The molecular formula is C9H12N4. The Balaban J connectivity index is 2.63. The molecule has 0 bridgehead atoms. The third kappa shape index (κ3) is 1.39. The summed E-state index contributed by atoms with van der Waals surface area (Å²) in [4.78, 5) is 15.8. The summed E-state index contributed by atoms with van der Waals surface area (Å²) in [5, 5.41) is 0. The van der Waals surface area contributed by atoms with Crippen LogP contribution < -0.4 is 0 Å². The van der Waals surface area contributed by atoms with Crippen LogP contribution in [0.5, 0.6) is 0 Å². The van der Waals surface area contributed by atoms with E-state index >= 15 is 0 Å². The molecule has 0 aliphatic carbocycles. The minimum atomic E-state index is 0.774. The molecule has 4 nitrogen and oxygen atoms in total. The zero-order valence-electron chi connectivity index (χ0n) is 7.83. The number of aromatic nitrogens is 4. The van der Waals surface area contributed by atoms with Gasteiger partial charge in [0.2, 0.25) is 0 Å². The second kappa shape index (κ2) is 3.12. The molecule has 0 amide bonds. The summed E-state index contributed by atoms with van der Waals surface area (Å²) in [5.41, 5.74) is 2.82. The smallest absolute Gasteiger partial charge is 0.181 e. The molecule has 2 heterocycles. The van der Waals surface area contributed by atoms with Crippen molar-refractivity contribution in [3.05, 3.63) is 17.8 Å². The van der Waals surface area contributed by atoms with Crippen LogP contribution in [0.1, 0.15) is 24.9 Å². The number of nitrogens with zero attached hydrogens (tertiary/aromatic N) is 3. The van der Waals surface area contributed by atoms with E-state index in [9.17, 15) is 0 Å². The van der Waals surface area contributed by atoms with Crippen molar-refractivity contribution in [2.24, 2.45) is 0 Å². The summed E-state index contributed by atoms with van der Waals surface area (Å²) in [7, 11) is 0. The molecule has 0 radical (unpaired) electrons. The summed E-state index contributed by atoms with van der Waals surface area (Å²) >= 11 is 0. The lowest BCUT2D eigenvalue weighted by Crippen LogP contribution is -1.96. The van der Waals surface area contributed by atoms with Gasteiger partial charge in [-0.05, 0) is 13.3 Å². The van der Waals surface area contributed by atoms with Crippen LogP contribution in [0.2, 0.25) is 0 Å². The number of fused-ring (bicyclic) bond motifs is 1. The molecule has 68 valence electrons. The van der Waals surface area contributed by atoms with Crippen molar-refractivity contribution in [1.82, 2.24) is 19.9 Å². The molecule has 0 aliphatic rings. The average molecular weight is 176 g/mol. The molecule has 0 aromatic carbocycles. The van der Waals surface area contributed by atoms with Crippen LogP contribution in [-0.4, -0.2) is 19.9 Å². The highest BCUT2D eigenvalue weighted by molar-refractivity contribution is 5.72. The van der Waals surface area contributed by atoms with Crippen molar-refractivity contribution in [3.63, 3.8) is 0 Å². The number of H-pyrrole nitrogens is 1. The van der Waals surface area contributed by atoms with Gasteiger partial charge in [0.25, 0.3) is 0 Å². The number of rotatable bonds is 2. The predicted molar refractivity (Wildman–Crippen MR) is 50.4 cm³/mol.